The average molecular weight is 885 g/mol. The molecule has 8 aromatic carbocycles. The van der Waals surface area contributed by atoms with Gasteiger partial charge in [-0.15, -0.1) is 0 Å². The molecule has 0 atom stereocenters. The monoisotopic (exact) mass is 884 g/mol. The predicted molar refractivity (Wildman–Crippen MR) is 290 cm³/mol. The van der Waals surface area contributed by atoms with Crippen molar-refractivity contribution >= 4 is 41.4 Å². The van der Waals surface area contributed by atoms with Crippen molar-refractivity contribution in [2.45, 2.75) is 103 Å². The van der Waals surface area contributed by atoms with E-state index in [0.29, 0.717) is 0 Å². The molecule has 8 aromatic rings. The van der Waals surface area contributed by atoms with Gasteiger partial charge in [0.25, 0.3) is 0 Å². The van der Waals surface area contributed by atoms with Crippen LogP contribution in [0.25, 0.3) is 75.9 Å². The largest absolute Gasteiger partial charge is 0.192 e. The Balaban J connectivity index is 0.861. The van der Waals surface area contributed by atoms with Gasteiger partial charge in [0.05, 0.1) is 0 Å². The molecule has 0 aromatic heterocycles. The zero-order valence-electron chi connectivity index (χ0n) is 40.9. The highest BCUT2D eigenvalue weighted by Crippen LogP contribution is 2.73. The molecule has 0 saturated heterocycles. The minimum absolute atomic E-state index is 0.0617. The number of fused-ring (bicyclic) bond motifs is 17. The second-order valence-electron chi connectivity index (χ2n) is 23.5. The lowest BCUT2D eigenvalue weighted by molar-refractivity contribution is 0.652. The second kappa shape index (κ2) is 12.8. The lowest BCUT2D eigenvalue weighted by Crippen LogP contribution is -2.17. The summed E-state index contributed by atoms with van der Waals surface area (Å²) in [5.41, 5.74) is 29.0. The quantitative estimate of drug-likeness (QED) is 0.162. The van der Waals surface area contributed by atoms with Gasteiger partial charge in [0, 0.05) is 31.5 Å². The lowest BCUT2D eigenvalue weighted by Gasteiger charge is -2.35. The van der Waals surface area contributed by atoms with Crippen molar-refractivity contribution in [2.24, 2.45) is 0 Å². The summed E-state index contributed by atoms with van der Waals surface area (Å²) in [6.07, 6.45) is 10.2. The summed E-state index contributed by atoms with van der Waals surface area (Å²) in [5, 5.41) is 5.39. The number of benzene rings is 8. The molecular weight excluding hydrogens is 825 g/mol. The Morgan fingerprint density at radius 1 is 0.343 bits per heavy atom. The van der Waals surface area contributed by atoms with Gasteiger partial charge in [-0.25, -0.2) is 0 Å². The standard InChI is InChI=1S/C66H60S/c1-63(2)51-29-25-37-17-11-13-19-41(37)59(51)49-35-55-47(33-57(49)63)43-27-23-39(31-53(43)65(55,5)6)61-45-21-15-16-22-46(45)62(67(61,9)10)40-24-28-44-48-34-58-50(36-56(48)66(7,8)54(44)32-40)60-42-20-14-12-18-38(42)26-30-52(60)64(58,3)4/h11-14,17-20,23-36H,15-16,21-22H2,1-10H3. The summed E-state index contributed by atoms with van der Waals surface area (Å²) in [6.45, 7) is 19.7. The number of hydrogen-bond donors (Lipinski definition) is 0. The van der Waals surface area contributed by atoms with Gasteiger partial charge in [-0.2, -0.15) is 10.0 Å². The Morgan fingerprint density at radius 2 is 0.701 bits per heavy atom. The molecule has 0 N–H and O–H groups in total. The molecule has 1 heterocycles. The van der Waals surface area contributed by atoms with Crippen LogP contribution in [0, 0.1) is 0 Å². The minimum Gasteiger partial charge on any atom is -0.192 e. The first-order chi connectivity index (χ1) is 32.0. The molecule has 0 bridgehead atoms. The highest BCUT2D eigenvalue weighted by atomic mass is 32.3. The maximum atomic E-state index is 2.64. The normalized spacial score (nSPS) is 20.2. The van der Waals surface area contributed by atoms with Gasteiger partial charge < -0.3 is 0 Å². The van der Waals surface area contributed by atoms with E-state index in [1.165, 1.54) is 147 Å². The van der Waals surface area contributed by atoms with Crippen molar-refractivity contribution in [3.05, 3.63) is 200 Å². The maximum absolute atomic E-state index is 2.64. The molecule has 1 heteroatoms. The molecule has 1 aliphatic heterocycles. The van der Waals surface area contributed by atoms with Crippen LogP contribution >= 0.6 is 10.0 Å². The molecule has 0 spiro atoms. The molecule has 0 nitrogen and oxygen atoms in total. The summed E-state index contributed by atoms with van der Waals surface area (Å²) < 4.78 is 0. The summed E-state index contributed by atoms with van der Waals surface area (Å²) in [6, 6.07) is 53.1. The summed E-state index contributed by atoms with van der Waals surface area (Å²) in [7, 11) is -1.36. The molecule has 0 radical (unpaired) electrons. The summed E-state index contributed by atoms with van der Waals surface area (Å²) in [5.74, 6) is 0. The third-order valence-electron chi connectivity index (χ3n) is 18.3. The fourth-order valence-electron chi connectivity index (χ4n) is 14.8. The zero-order valence-corrected chi connectivity index (χ0v) is 41.8. The number of allylic oxidation sites excluding steroid dienone is 2. The van der Waals surface area contributed by atoms with E-state index in [1.807, 2.05) is 0 Å². The first kappa shape index (κ1) is 40.2. The van der Waals surface area contributed by atoms with Gasteiger partial charge in [0.15, 0.2) is 0 Å². The first-order valence-corrected chi connectivity index (χ1v) is 27.4. The van der Waals surface area contributed by atoms with Crippen molar-refractivity contribution in [1.82, 2.24) is 0 Å². The molecule has 1 saturated carbocycles. The van der Waals surface area contributed by atoms with Crippen LogP contribution < -0.4 is 0 Å². The molecule has 6 aliphatic rings. The zero-order chi connectivity index (χ0) is 45.9. The molecule has 1 fully saturated rings. The molecular formula is C66H60S. The smallest absolute Gasteiger partial charge is 0.0159 e. The van der Waals surface area contributed by atoms with E-state index in [-0.39, 0.29) is 21.7 Å². The van der Waals surface area contributed by atoms with Crippen molar-refractivity contribution in [3.8, 4) is 44.5 Å². The topological polar surface area (TPSA) is 0 Å². The van der Waals surface area contributed by atoms with Crippen molar-refractivity contribution in [1.29, 1.82) is 0 Å². The van der Waals surface area contributed by atoms with E-state index in [9.17, 15) is 0 Å². The van der Waals surface area contributed by atoms with Gasteiger partial charge in [-0.3, -0.25) is 0 Å². The van der Waals surface area contributed by atoms with Crippen LogP contribution in [0.5, 0.6) is 0 Å². The second-order valence-corrected chi connectivity index (χ2v) is 26.9. The van der Waals surface area contributed by atoms with Gasteiger partial charge in [0.2, 0.25) is 0 Å². The highest BCUT2D eigenvalue weighted by molar-refractivity contribution is 8.47. The first-order valence-electron chi connectivity index (χ1n) is 24.9. The lowest BCUT2D eigenvalue weighted by atomic mass is 9.79. The van der Waals surface area contributed by atoms with Crippen LogP contribution in [-0.2, 0) is 21.7 Å². The van der Waals surface area contributed by atoms with Crippen LogP contribution in [0.2, 0.25) is 0 Å². The van der Waals surface area contributed by atoms with E-state index in [0.717, 1.165) is 0 Å². The molecule has 0 amide bonds. The SMILES string of the molecule is CC1(C)c2cc(C3=C4CCCCC4=C(c4ccc5c(c4)C(C)(C)c4cc6c(cc4-5)C(C)(C)c4ccc5ccccc5c4-6)S3(C)C)ccc2-c2cc3c(cc21)-c1c(ccc2ccccc12)C3(C)C. The van der Waals surface area contributed by atoms with Crippen LogP contribution in [0.4, 0.5) is 0 Å². The maximum Gasteiger partial charge on any atom is 0.0159 e. The van der Waals surface area contributed by atoms with Gasteiger partial charge in [0.1, 0.15) is 0 Å². The van der Waals surface area contributed by atoms with E-state index in [2.05, 4.69) is 201 Å². The van der Waals surface area contributed by atoms with Gasteiger partial charge in [-0.1, -0.05) is 152 Å². The fraction of sp³-hybridized carbons (Fsp3) is 0.273. The van der Waals surface area contributed by atoms with E-state index >= 15 is 0 Å². The van der Waals surface area contributed by atoms with E-state index in [1.54, 1.807) is 21.0 Å². The van der Waals surface area contributed by atoms with E-state index < -0.39 is 10.0 Å². The summed E-state index contributed by atoms with van der Waals surface area (Å²) >= 11 is 0. The Bertz CT molecular complexity index is 3460. The molecule has 330 valence electrons. The average Bonchev–Trinajstić information content (AvgIpc) is 3.95. The molecule has 5 aliphatic carbocycles. The predicted octanol–water partition coefficient (Wildman–Crippen LogP) is 18.0. The third-order valence-corrected chi connectivity index (χ3v) is 21.3. The van der Waals surface area contributed by atoms with E-state index in [4.69, 9.17) is 0 Å². The Labute approximate surface area is 399 Å². The van der Waals surface area contributed by atoms with Gasteiger partial charge in [-0.05, 0) is 207 Å². The number of hydrogen-bond acceptors (Lipinski definition) is 0. The Kier molecular flexibility index (Phi) is 7.68. The van der Waals surface area contributed by atoms with Crippen LogP contribution in [0.15, 0.2) is 145 Å². The van der Waals surface area contributed by atoms with Gasteiger partial charge >= 0.3 is 0 Å². The van der Waals surface area contributed by atoms with Crippen molar-refractivity contribution in [2.75, 3.05) is 12.5 Å². The van der Waals surface area contributed by atoms with Crippen molar-refractivity contribution in [3.63, 3.8) is 0 Å². The summed E-state index contributed by atoms with van der Waals surface area (Å²) in [4.78, 5) is 3.28. The van der Waals surface area contributed by atoms with Crippen LogP contribution in [-0.4, -0.2) is 12.5 Å². The van der Waals surface area contributed by atoms with Crippen LogP contribution in [0.1, 0.15) is 137 Å². The molecule has 0 unspecified atom stereocenters. The minimum atomic E-state index is -1.36. The van der Waals surface area contributed by atoms with Crippen LogP contribution in [0.3, 0.4) is 0 Å². The Morgan fingerprint density at radius 3 is 1.13 bits per heavy atom. The number of rotatable bonds is 2. The van der Waals surface area contributed by atoms with Crippen molar-refractivity contribution < 1.29 is 0 Å². The third kappa shape index (κ3) is 4.92. The molecule has 67 heavy (non-hydrogen) atoms. The highest BCUT2D eigenvalue weighted by Gasteiger charge is 2.46. The fourth-order valence-corrected chi connectivity index (χ4v) is 18.1. The Hall–Kier alpha value is -5.89. The molecule has 14 rings (SSSR count).